The molecule has 1 rings (SSSR count). The van der Waals surface area contributed by atoms with Crippen molar-refractivity contribution >= 4 is 24.9 Å². The summed E-state index contributed by atoms with van der Waals surface area (Å²) in [6.07, 6.45) is 0. The standard InChI is InChI=1S/C7H6BClO.2H2O/c8-6-3-5(4-10)1-2-7(6)9;;/h1-3,10H,4H2;2*1H2/q+2;;/p-2. The molecule has 0 saturated heterocycles. The molecule has 0 heterocycles. The molecule has 1 aromatic rings. The van der Waals surface area contributed by atoms with Gasteiger partial charge >= 0.3 is 65.4 Å². The predicted octanol–water partition coefficient (Wildman–Crippen LogP) is 0.273. The third kappa shape index (κ3) is 3.23. The molecule has 0 bridgehead atoms. The second-order valence-electron chi connectivity index (χ2n) is 2.01. The third-order valence-corrected chi connectivity index (χ3v) is 1.59. The van der Waals surface area contributed by atoms with Crippen molar-refractivity contribution < 1.29 is 16.1 Å². The monoisotopic (exact) mass is 186 g/mol. The smallest absolute Gasteiger partial charge is 0.870 e. The summed E-state index contributed by atoms with van der Waals surface area (Å²) >= 11 is 5.63. The van der Waals surface area contributed by atoms with Gasteiger partial charge < -0.3 is 11.0 Å². The first-order valence-electron chi connectivity index (χ1n) is 2.89. The van der Waals surface area contributed by atoms with Crippen LogP contribution in [0.2, 0.25) is 5.02 Å². The van der Waals surface area contributed by atoms with E-state index in [9.17, 15) is 0 Å². The molecule has 3 N–H and O–H groups in total. The molecular formula is C7H8BClO3. The predicted molar refractivity (Wildman–Crippen MR) is 46.6 cm³/mol. The van der Waals surface area contributed by atoms with Gasteiger partial charge in [0.2, 0.25) is 0 Å². The van der Waals surface area contributed by atoms with Gasteiger partial charge in [0.25, 0.3) is 0 Å². The van der Waals surface area contributed by atoms with Crippen molar-refractivity contribution in [2.45, 2.75) is 6.61 Å². The number of hydrogen-bond acceptors (Lipinski definition) is 3. The molecule has 3 nitrogen and oxygen atoms in total. The summed E-state index contributed by atoms with van der Waals surface area (Å²) in [6, 6.07) is 5.06. The summed E-state index contributed by atoms with van der Waals surface area (Å²) in [7, 11) is 5.45. The van der Waals surface area contributed by atoms with Crippen LogP contribution in [0.5, 0.6) is 0 Å². The molecule has 0 saturated carbocycles. The van der Waals surface area contributed by atoms with Gasteiger partial charge in [0.15, 0.2) is 0 Å². The first-order chi connectivity index (χ1) is 4.74. The van der Waals surface area contributed by atoms with Gasteiger partial charge in [0.1, 0.15) is 0 Å². The van der Waals surface area contributed by atoms with Gasteiger partial charge in [0, 0.05) is 0 Å². The Balaban J connectivity index is 0. The summed E-state index contributed by atoms with van der Waals surface area (Å²) < 4.78 is 0. The van der Waals surface area contributed by atoms with Crippen LogP contribution in [0.1, 0.15) is 5.56 Å². The first kappa shape index (κ1) is 14.0. The van der Waals surface area contributed by atoms with E-state index in [0.717, 1.165) is 5.56 Å². The van der Waals surface area contributed by atoms with E-state index in [1.165, 1.54) is 0 Å². The Morgan fingerprint density at radius 3 is 2.33 bits per heavy atom. The maximum atomic E-state index is 8.65. The minimum atomic E-state index is 0. The fourth-order valence-electron chi connectivity index (χ4n) is 0.692. The maximum absolute atomic E-state index is 8.65. The van der Waals surface area contributed by atoms with Gasteiger partial charge in [-0.1, -0.05) is 0 Å². The number of hydrogen-bond donors (Lipinski definition) is 1. The Labute approximate surface area is 77.0 Å². The van der Waals surface area contributed by atoms with Crippen LogP contribution < -0.4 is 5.46 Å². The van der Waals surface area contributed by atoms with Gasteiger partial charge in [-0.25, -0.2) is 0 Å². The summed E-state index contributed by atoms with van der Waals surface area (Å²) in [5.74, 6) is 0. The van der Waals surface area contributed by atoms with Crippen LogP contribution in [0.3, 0.4) is 0 Å². The molecule has 0 spiro atoms. The van der Waals surface area contributed by atoms with Gasteiger partial charge in [0.05, 0.1) is 0 Å². The topological polar surface area (TPSA) is 80.2 Å². The van der Waals surface area contributed by atoms with E-state index < -0.39 is 0 Å². The molecule has 5 heteroatoms. The van der Waals surface area contributed by atoms with Crippen molar-refractivity contribution in [2.75, 3.05) is 0 Å². The van der Waals surface area contributed by atoms with E-state index in [0.29, 0.717) is 10.5 Å². The molecule has 0 radical (unpaired) electrons. The van der Waals surface area contributed by atoms with E-state index in [1.54, 1.807) is 18.2 Å². The minimum absolute atomic E-state index is 0. The second-order valence-corrected chi connectivity index (χ2v) is 2.42. The second kappa shape index (κ2) is 6.02. The quantitative estimate of drug-likeness (QED) is 0.639. The molecule has 0 aromatic heterocycles. The average Bonchev–Trinajstić information content (AvgIpc) is 1.95. The number of halogens is 1. The molecule has 12 heavy (non-hydrogen) atoms. The Hall–Kier alpha value is -0.545. The number of rotatable bonds is 1. The molecule has 0 amide bonds. The van der Waals surface area contributed by atoms with Gasteiger partial charge in [-0.2, -0.15) is 0 Å². The molecule has 0 aliphatic rings. The van der Waals surface area contributed by atoms with Crippen LogP contribution in [-0.2, 0) is 6.61 Å². The largest absolute Gasteiger partial charge is 0.870 e. The van der Waals surface area contributed by atoms with E-state index in [1.807, 2.05) is 0 Å². The summed E-state index contributed by atoms with van der Waals surface area (Å²) in [5, 5.41) is 9.18. The third-order valence-electron chi connectivity index (χ3n) is 1.24. The number of benzene rings is 1. The summed E-state index contributed by atoms with van der Waals surface area (Å²) in [6.45, 7) is 0.00136. The van der Waals surface area contributed by atoms with Crippen LogP contribution in [0, 0.1) is 0 Å². The molecule has 0 atom stereocenters. The Kier molecular flexibility index (Phi) is 7.03. The fourth-order valence-corrected chi connectivity index (χ4v) is 0.809. The zero-order valence-corrected chi connectivity index (χ0v) is 6.99. The van der Waals surface area contributed by atoms with Crippen molar-refractivity contribution in [3.63, 3.8) is 0 Å². The van der Waals surface area contributed by atoms with Crippen LogP contribution in [-0.4, -0.2) is 23.9 Å². The van der Waals surface area contributed by atoms with Gasteiger partial charge in [-0.05, 0) is 0 Å². The van der Waals surface area contributed by atoms with Crippen molar-refractivity contribution in [3.8, 4) is 0 Å². The molecule has 64 valence electrons. The molecule has 0 unspecified atom stereocenters. The van der Waals surface area contributed by atoms with Gasteiger partial charge in [-0.3, -0.25) is 0 Å². The summed E-state index contributed by atoms with van der Waals surface area (Å²) in [4.78, 5) is 0. The van der Waals surface area contributed by atoms with Gasteiger partial charge in [-0.15, -0.1) is 0 Å². The van der Waals surface area contributed by atoms with Crippen molar-refractivity contribution in [2.24, 2.45) is 0 Å². The van der Waals surface area contributed by atoms with Crippen molar-refractivity contribution in [1.29, 1.82) is 0 Å². The molecule has 1 aromatic carbocycles. The molecule has 0 fully saturated rings. The van der Waals surface area contributed by atoms with E-state index in [-0.39, 0.29) is 17.6 Å². The van der Waals surface area contributed by atoms with E-state index in [2.05, 4.69) is 0 Å². The fraction of sp³-hybridized carbons (Fsp3) is 0.143. The summed E-state index contributed by atoms with van der Waals surface area (Å²) in [5.41, 5.74) is 1.29. The molecule has 0 aliphatic carbocycles. The van der Waals surface area contributed by atoms with Crippen LogP contribution in [0.25, 0.3) is 0 Å². The van der Waals surface area contributed by atoms with Crippen LogP contribution >= 0.6 is 11.6 Å². The number of aliphatic hydroxyl groups is 1. The minimum Gasteiger partial charge on any atom is -0.870 e. The molecular weight excluding hydrogens is 178 g/mol. The van der Waals surface area contributed by atoms with Crippen molar-refractivity contribution in [1.82, 2.24) is 0 Å². The Morgan fingerprint density at radius 2 is 1.92 bits per heavy atom. The Morgan fingerprint density at radius 1 is 1.33 bits per heavy atom. The zero-order valence-electron chi connectivity index (χ0n) is 6.24. The zero-order chi connectivity index (χ0) is 7.56. The van der Waals surface area contributed by atoms with E-state index >= 15 is 0 Å². The SMILES string of the molecule is [B+2]c1cc(CO)ccc1Cl.[OH-].[OH-]. The normalized spacial score (nSPS) is 8.33. The number of aliphatic hydroxyl groups excluding tert-OH is 1. The first-order valence-corrected chi connectivity index (χ1v) is 3.26. The van der Waals surface area contributed by atoms with Crippen LogP contribution in [0.4, 0.5) is 0 Å². The van der Waals surface area contributed by atoms with Crippen molar-refractivity contribution in [3.05, 3.63) is 28.8 Å². The van der Waals surface area contributed by atoms with E-state index in [4.69, 9.17) is 24.6 Å². The average molecular weight is 186 g/mol. The molecule has 0 aliphatic heterocycles. The van der Waals surface area contributed by atoms with Crippen LogP contribution in [0.15, 0.2) is 18.2 Å². The Bertz CT molecular complexity index is 242. The maximum Gasteiger partial charge on any atom is -0.870 e.